The minimum Gasteiger partial charge on any atom is -0.500 e. The van der Waals surface area contributed by atoms with E-state index in [1.165, 1.54) is 19.2 Å². The maximum Gasteiger partial charge on any atom is 0.364 e. The molecule has 0 atom stereocenters. The second kappa shape index (κ2) is 6.43. The number of hydrogen-bond acceptors (Lipinski definition) is 5. The Bertz CT molecular complexity index is 1030. The number of carbonyl (C=O) groups excluding carboxylic acids is 1. The van der Waals surface area contributed by atoms with Crippen molar-refractivity contribution in [3.05, 3.63) is 52.4 Å². The minimum atomic E-state index is -1.22. The molecule has 2 N–H and O–H groups in total. The molecule has 7 nitrogen and oxygen atoms in total. The van der Waals surface area contributed by atoms with Crippen molar-refractivity contribution in [3.63, 3.8) is 0 Å². The molecule has 2 aromatic carbocycles. The Hall–Kier alpha value is -3.49. The smallest absolute Gasteiger partial charge is 0.364 e. The van der Waals surface area contributed by atoms with Crippen LogP contribution in [0.2, 0.25) is 0 Å². The third-order valence-electron chi connectivity index (χ3n) is 3.80. The van der Waals surface area contributed by atoms with E-state index in [-0.39, 0.29) is 27.2 Å². The Morgan fingerprint density at radius 2 is 1.92 bits per heavy atom. The van der Waals surface area contributed by atoms with Crippen molar-refractivity contribution in [1.82, 2.24) is 5.32 Å². The van der Waals surface area contributed by atoms with Crippen molar-refractivity contribution < 1.29 is 32.9 Å². The summed E-state index contributed by atoms with van der Waals surface area (Å²) < 4.78 is 33.5. The maximum absolute atomic E-state index is 14.7. The van der Waals surface area contributed by atoms with Crippen molar-refractivity contribution >= 4 is 22.6 Å². The van der Waals surface area contributed by atoms with E-state index < -0.39 is 29.0 Å². The molecule has 0 fully saturated rings. The number of aromatic hydroxyl groups is 1. The Morgan fingerprint density at radius 3 is 2.50 bits per heavy atom. The van der Waals surface area contributed by atoms with Gasteiger partial charge in [-0.15, -0.1) is 0 Å². The van der Waals surface area contributed by atoms with E-state index in [4.69, 9.17) is 4.42 Å². The molecule has 0 spiro atoms. The standard InChI is InChI=1S/C17H12F2N2O5/c1-20-17(23)13-12-11(7-10(21(24)25-2)15(22)14(12)19)26-16(13)8-3-5-9(18)6-4-8/h3-7H,1-2H3,(H-,20,22,23,24)/p+1. The maximum atomic E-state index is 14.7. The second-order valence-corrected chi connectivity index (χ2v) is 5.26. The van der Waals surface area contributed by atoms with E-state index >= 15 is 0 Å². The number of phenolic OH excluding ortho intramolecular Hbond substituents is 1. The summed E-state index contributed by atoms with van der Waals surface area (Å²) in [5, 5.41) is 12.0. The summed E-state index contributed by atoms with van der Waals surface area (Å²) >= 11 is 0. The lowest BCUT2D eigenvalue weighted by Crippen LogP contribution is -2.18. The van der Waals surface area contributed by atoms with Crippen LogP contribution in [0.3, 0.4) is 0 Å². The quantitative estimate of drug-likeness (QED) is 0.693. The fraction of sp³-hybridized carbons (Fsp3) is 0.118. The lowest BCUT2D eigenvalue weighted by molar-refractivity contribution is -0.736. The topological polar surface area (TPSA) is 91.8 Å². The minimum absolute atomic E-state index is 0.0373. The van der Waals surface area contributed by atoms with Crippen molar-refractivity contribution in [1.29, 1.82) is 0 Å². The third kappa shape index (κ3) is 2.63. The average Bonchev–Trinajstić information content (AvgIpc) is 3.03. The molecule has 3 aromatic rings. The number of halogens is 2. The number of nitrogens with zero attached hydrogens (tertiary/aromatic N) is 1. The number of nitrogens with one attached hydrogen (secondary N) is 1. The number of carbonyl (C=O) groups is 1. The van der Waals surface area contributed by atoms with Crippen molar-refractivity contribution in [3.8, 4) is 17.1 Å². The van der Waals surface area contributed by atoms with Gasteiger partial charge >= 0.3 is 5.69 Å². The van der Waals surface area contributed by atoms with Crippen LogP contribution in [0.1, 0.15) is 10.4 Å². The number of rotatable bonds is 4. The highest BCUT2D eigenvalue weighted by Crippen LogP contribution is 2.42. The van der Waals surface area contributed by atoms with Crippen LogP contribution < -0.4 is 5.32 Å². The molecule has 0 saturated heterocycles. The molecule has 0 radical (unpaired) electrons. The van der Waals surface area contributed by atoms with Crippen LogP contribution in [0.4, 0.5) is 14.5 Å². The average molecular weight is 363 g/mol. The molecule has 9 heteroatoms. The molecule has 3 rings (SSSR count). The lowest BCUT2D eigenvalue weighted by atomic mass is 10.0. The van der Waals surface area contributed by atoms with Crippen LogP contribution in [-0.2, 0) is 4.84 Å². The largest absolute Gasteiger partial charge is 0.500 e. The van der Waals surface area contributed by atoms with Crippen molar-refractivity contribution in [2.75, 3.05) is 14.2 Å². The van der Waals surface area contributed by atoms with Crippen molar-refractivity contribution in [2.45, 2.75) is 0 Å². The van der Waals surface area contributed by atoms with Crippen LogP contribution in [0.5, 0.6) is 5.75 Å². The van der Waals surface area contributed by atoms with Crippen LogP contribution >= 0.6 is 0 Å². The zero-order chi connectivity index (χ0) is 19.0. The number of furan rings is 1. The molecule has 1 amide bonds. The Morgan fingerprint density at radius 1 is 1.27 bits per heavy atom. The summed E-state index contributed by atoms with van der Waals surface area (Å²) in [4.78, 5) is 28.2. The first-order valence-electron chi connectivity index (χ1n) is 7.36. The highest BCUT2D eigenvalue weighted by Gasteiger charge is 2.32. The summed E-state index contributed by atoms with van der Waals surface area (Å²) in [5.41, 5.74) is -0.567. The van der Waals surface area contributed by atoms with E-state index in [2.05, 4.69) is 10.2 Å². The number of phenols is 1. The summed E-state index contributed by atoms with van der Waals surface area (Å²) in [7, 11) is 2.38. The molecule has 0 unspecified atom stereocenters. The zero-order valence-corrected chi connectivity index (χ0v) is 13.7. The summed E-state index contributed by atoms with van der Waals surface area (Å²) in [5.74, 6) is -3.43. The van der Waals surface area contributed by atoms with Gasteiger partial charge in [0, 0.05) is 12.6 Å². The molecule has 1 aromatic heterocycles. The first-order chi connectivity index (χ1) is 12.4. The highest BCUT2D eigenvalue weighted by molar-refractivity contribution is 6.12. The molecule has 0 aliphatic rings. The van der Waals surface area contributed by atoms with Crippen molar-refractivity contribution in [2.24, 2.45) is 0 Å². The van der Waals surface area contributed by atoms with Gasteiger partial charge in [-0.2, -0.15) is 0 Å². The van der Waals surface area contributed by atoms with Crippen LogP contribution in [0.25, 0.3) is 22.3 Å². The fourth-order valence-corrected chi connectivity index (χ4v) is 2.58. The number of fused-ring (bicyclic) bond motifs is 1. The molecule has 1 heterocycles. The molecule has 134 valence electrons. The molecule has 0 bridgehead atoms. The van der Waals surface area contributed by atoms with Gasteiger partial charge in [-0.05, 0) is 24.3 Å². The van der Waals surface area contributed by atoms with Gasteiger partial charge in [0.2, 0.25) is 5.75 Å². The third-order valence-corrected chi connectivity index (χ3v) is 3.80. The zero-order valence-electron chi connectivity index (χ0n) is 13.7. The van der Waals surface area contributed by atoms with Gasteiger partial charge in [-0.25, -0.2) is 13.6 Å². The van der Waals surface area contributed by atoms with E-state index in [1.54, 1.807) is 0 Å². The highest BCUT2D eigenvalue weighted by atomic mass is 19.1. The first-order valence-corrected chi connectivity index (χ1v) is 7.36. The van der Waals surface area contributed by atoms with Gasteiger partial charge in [0.1, 0.15) is 17.2 Å². The lowest BCUT2D eigenvalue weighted by Gasteiger charge is -2.03. The predicted octanol–water partition coefficient (Wildman–Crippen LogP) is 3.42. The monoisotopic (exact) mass is 363 g/mol. The van der Waals surface area contributed by atoms with E-state index in [9.17, 15) is 23.6 Å². The van der Waals surface area contributed by atoms with E-state index in [1.807, 2.05) is 0 Å². The van der Waals surface area contributed by atoms with Gasteiger partial charge in [0.25, 0.3) is 10.8 Å². The van der Waals surface area contributed by atoms with Gasteiger partial charge in [0.15, 0.2) is 12.9 Å². The van der Waals surface area contributed by atoms with Gasteiger partial charge in [-0.1, -0.05) is 0 Å². The van der Waals surface area contributed by atoms with Crippen LogP contribution in [0.15, 0.2) is 34.7 Å². The van der Waals surface area contributed by atoms with Crippen LogP contribution in [0, 0.1) is 16.5 Å². The number of benzene rings is 2. The van der Waals surface area contributed by atoms with Gasteiger partial charge in [0.05, 0.1) is 21.9 Å². The Balaban J connectivity index is 2.38. The fourth-order valence-electron chi connectivity index (χ4n) is 2.58. The van der Waals surface area contributed by atoms with Gasteiger partial charge in [-0.3, -0.25) is 4.79 Å². The molecule has 0 saturated carbocycles. The number of amides is 1. The van der Waals surface area contributed by atoms with Gasteiger partial charge < -0.3 is 14.8 Å². The summed E-state index contributed by atoms with van der Waals surface area (Å²) in [6.45, 7) is 0. The molecular weight excluding hydrogens is 350 g/mol. The SMILES string of the molecule is CNC(=O)c1c(-c2ccc(F)cc2)oc2cc([N+](=O)OC)c(O)c(F)c12. The Kier molecular flexibility index (Phi) is 4.29. The number of hydrogen-bond donors (Lipinski definition) is 2. The normalized spacial score (nSPS) is 10.8. The summed E-state index contributed by atoms with van der Waals surface area (Å²) in [6, 6.07) is 6.06. The first kappa shape index (κ1) is 17.3. The van der Waals surface area contributed by atoms with Crippen LogP contribution in [-0.4, -0.2) is 30.1 Å². The van der Waals surface area contributed by atoms with E-state index in [0.717, 1.165) is 25.3 Å². The Labute approximate surface area is 145 Å². The second-order valence-electron chi connectivity index (χ2n) is 5.26. The predicted molar refractivity (Wildman–Crippen MR) is 86.9 cm³/mol. The summed E-state index contributed by atoms with van der Waals surface area (Å²) in [6.07, 6.45) is 0. The molecule has 0 aliphatic carbocycles. The molecule has 26 heavy (non-hydrogen) atoms. The van der Waals surface area contributed by atoms with E-state index in [0.29, 0.717) is 5.56 Å². The molecule has 0 aliphatic heterocycles. The molecular formula is C17H13F2N2O5+.